The highest BCUT2D eigenvalue weighted by atomic mass is 31.2. The van der Waals surface area contributed by atoms with Crippen LogP contribution in [-0.4, -0.2) is 75.6 Å². The Bertz CT molecular complexity index is 1180. The van der Waals surface area contributed by atoms with Crippen LogP contribution in [0.5, 0.6) is 0 Å². The maximum atomic E-state index is 12.8. The van der Waals surface area contributed by atoms with E-state index in [1.807, 2.05) is 21.1 Å². The Morgan fingerprint density at radius 2 is 0.846 bits per heavy atom. The number of nitrogens with zero attached hydrogens (tertiary/aromatic N) is 1. The molecule has 2 unspecified atom stereocenters. The van der Waals surface area contributed by atoms with Gasteiger partial charge in [-0.1, -0.05) is 210 Å². The molecule has 0 rings (SSSR count). The molecule has 0 saturated carbocycles. The molecule has 0 saturated heterocycles. The standard InChI is InChI=1S/C56H106NO7P/c1-6-8-10-12-14-16-18-20-22-24-26-27-28-29-30-31-32-33-35-37-39-41-43-45-47-49-56(58)64-55(54-63-65(59,60)62-52-50-57(3,4)5)53-61-51-48-46-44-42-40-38-36-34-25-23-21-19-17-15-13-11-9-7-2/h15,17-18,20-21,23-24,26,55H,6-14,16,19,22,25,27-54H2,1-5H3/p+1/b17-15-,20-18-,23-21-,26-24-. The molecule has 0 fully saturated rings. The Balaban J connectivity index is 4.09. The number of phosphoric ester groups is 1. The zero-order valence-corrected chi connectivity index (χ0v) is 44.4. The van der Waals surface area contributed by atoms with E-state index in [1.54, 1.807) is 0 Å². The second-order valence-corrected chi connectivity index (χ2v) is 21.1. The highest BCUT2D eigenvalue weighted by molar-refractivity contribution is 7.47. The Labute approximate surface area is 403 Å². The first-order chi connectivity index (χ1) is 31.6. The number of esters is 1. The molecule has 0 aliphatic rings. The molecule has 0 aromatic heterocycles. The first-order valence-corrected chi connectivity index (χ1v) is 28.9. The number of rotatable bonds is 51. The molecular formula is C56H107NO7P+. The summed E-state index contributed by atoms with van der Waals surface area (Å²) in [6.45, 7) is 5.60. The van der Waals surface area contributed by atoms with Crippen molar-refractivity contribution < 1.29 is 37.3 Å². The average Bonchev–Trinajstić information content (AvgIpc) is 3.27. The van der Waals surface area contributed by atoms with Gasteiger partial charge < -0.3 is 18.9 Å². The quantitative estimate of drug-likeness (QED) is 0.0214. The molecule has 0 aliphatic carbocycles. The molecule has 0 aromatic rings. The van der Waals surface area contributed by atoms with Crippen LogP contribution in [0.1, 0.15) is 245 Å². The number of hydrogen-bond acceptors (Lipinski definition) is 6. The van der Waals surface area contributed by atoms with Gasteiger partial charge in [-0.25, -0.2) is 4.57 Å². The Kier molecular flexibility index (Phi) is 47.7. The minimum absolute atomic E-state index is 0.0868. The van der Waals surface area contributed by atoms with E-state index in [4.69, 9.17) is 18.5 Å². The van der Waals surface area contributed by atoms with Crippen molar-refractivity contribution in [3.8, 4) is 0 Å². The van der Waals surface area contributed by atoms with Crippen molar-refractivity contribution in [1.29, 1.82) is 0 Å². The van der Waals surface area contributed by atoms with Gasteiger partial charge in [-0.3, -0.25) is 13.8 Å². The molecule has 0 aliphatic heterocycles. The number of unbranched alkanes of at least 4 members (excludes halogenated alkanes) is 29. The van der Waals surface area contributed by atoms with Gasteiger partial charge >= 0.3 is 13.8 Å². The molecule has 2 atom stereocenters. The summed E-state index contributed by atoms with van der Waals surface area (Å²) >= 11 is 0. The summed E-state index contributed by atoms with van der Waals surface area (Å²) in [5, 5.41) is 0. The molecule has 382 valence electrons. The summed E-state index contributed by atoms with van der Waals surface area (Å²) in [6, 6.07) is 0. The molecule has 0 amide bonds. The van der Waals surface area contributed by atoms with Crippen molar-refractivity contribution in [3.05, 3.63) is 48.6 Å². The molecule has 0 bridgehead atoms. The predicted octanol–water partition coefficient (Wildman–Crippen LogP) is 17.1. The summed E-state index contributed by atoms with van der Waals surface area (Å²) in [5.41, 5.74) is 0. The fraction of sp³-hybridized carbons (Fsp3) is 0.839. The highest BCUT2D eigenvalue weighted by Gasteiger charge is 2.26. The van der Waals surface area contributed by atoms with Crippen molar-refractivity contribution >= 4 is 13.8 Å². The molecule has 1 N–H and O–H groups in total. The fourth-order valence-electron chi connectivity index (χ4n) is 7.61. The van der Waals surface area contributed by atoms with Gasteiger partial charge in [0.15, 0.2) is 0 Å². The van der Waals surface area contributed by atoms with Gasteiger partial charge in [0.2, 0.25) is 0 Å². The van der Waals surface area contributed by atoms with Crippen LogP contribution in [0.4, 0.5) is 0 Å². The minimum Gasteiger partial charge on any atom is -0.457 e. The van der Waals surface area contributed by atoms with Crippen LogP contribution in [0.3, 0.4) is 0 Å². The van der Waals surface area contributed by atoms with Crippen molar-refractivity contribution in [1.82, 2.24) is 0 Å². The lowest BCUT2D eigenvalue weighted by molar-refractivity contribution is -0.870. The first-order valence-electron chi connectivity index (χ1n) is 27.4. The lowest BCUT2D eigenvalue weighted by Gasteiger charge is -2.24. The summed E-state index contributed by atoms with van der Waals surface area (Å²) < 4.78 is 35.2. The van der Waals surface area contributed by atoms with Crippen molar-refractivity contribution in [2.24, 2.45) is 0 Å². The average molecular weight is 937 g/mol. The number of hydrogen-bond donors (Lipinski definition) is 1. The van der Waals surface area contributed by atoms with Crippen LogP contribution < -0.4 is 0 Å². The highest BCUT2D eigenvalue weighted by Crippen LogP contribution is 2.43. The van der Waals surface area contributed by atoms with E-state index in [-0.39, 0.29) is 25.8 Å². The number of ether oxygens (including phenoxy) is 2. The Hall–Kier alpha value is -1.54. The third-order valence-corrected chi connectivity index (χ3v) is 12.8. The van der Waals surface area contributed by atoms with Gasteiger partial charge in [-0.2, -0.15) is 0 Å². The van der Waals surface area contributed by atoms with Crippen LogP contribution in [0.25, 0.3) is 0 Å². The lowest BCUT2D eigenvalue weighted by Crippen LogP contribution is -2.37. The van der Waals surface area contributed by atoms with Gasteiger partial charge in [0.25, 0.3) is 0 Å². The van der Waals surface area contributed by atoms with E-state index in [0.29, 0.717) is 24.1 Å². The molecule has 0 heterocycles. The molecule has 0 spiro atoms. The largest absolute Gasteiger partial charge is 0.472 e. The van der Waals surface area contributed by atoms with Crippen molar-refractivity contribution in [2.75, 3.05) is 54.1 Å². The minimum atomic E-state index is -4.28. The molecule has 0 aromatic carbocycles. The topological polar surface area (TPSA) is 91.3 Å². The van der Waals surface area contributed by atoms with Crippen molar-refractivity contribution in [3.63, 3.8) is 0 Å². The summed E-state index contributed by atoms with van der Waals surface area (Å²) in [4.78, 5) is 23.0. The van der Waals surface area contributed by atoms with E-state index < -0.39 is 13.9 Å². The predicted molar refractivity (Wildman–Crippen MR) is 279 cm³/mol. The molecule has 8 nitrogen and oxygen atoms in total. The van der Waals surface area contributed by atoms with Crippen LogP contribution in [-0.2, 0) is 27.9 Å². The number of likely N-dealkylation sites (N-methyl/N-ethyl adjacent to an activating group) is 1. The van der Waals surface area contributed by atoms with Gasteiger partial charge in [0.1, 0.15) is 19.3 Å². The first kappa shape index (κ1) is 63.5. The van der Waals surface area contributed by atoms with E-state index in [9.17, 15) is 14.3 Å². The van der Waals surface area contributed by atoms with Gasteiger partial charge in [0.05, 0.1) is 34.4 Å². The molecular weight excluding hydrogens is 830 g/mol. The maximum absolute atomic E-state index is 12.8. The number of carbonyl (C=O) groups excluding carboxylic acids is 1. The lowest BCUT2D eigenvalue weighted by atomic mass is 10.0. The van der Waals surface area contributed by atoms with Gasteiger partial charge in [0, 0.05) is 13.0 Å². The van der Waals surface area contributed by atoms with Crippen molar-refractivity contribution in [2.45, 2.75) is 251 Å². The fourth-order valence-corrected chi connectivity index (χ4v) is 8.36. The van der Waals surface area contributed by atoms with E-state index >= 15 is 0 Å². The van der Waals surface area contributed by atoms with Gasteiger partial charge in [-0.05, 0) is 77.0 Å². The smallest absolute Gasteiger partial charge is 0.457 e. The van der Waals surface area contributed by atoms with Crippen LogP contribution in [0.15, 0.2) is 48.6 Å². The third-order valence-electron chi connectivity index (χ3n) is 11.9. The third kappa shape index (κ3) is 53.3. The van der Waals surface area contributed by atoms with E-state index in [1.165, 1.54) is 180 Å². The number of allylic oxidation sites excluding steroid dienone is 8. The zero-order chi connectivity index (χ0) is 47.6. The Morgan fingerprint density at radius 1 is 0.477 bits per heavy atom. The second-order valence-electron chi connectivity index (χ2n) is 19.6. The molecule has 9 heteroatoms. The van der Waals surface area contributed by atoms with Crippen LogP contribution in [0, 0.1) is 0 Å². The molecule has 0 radical (unpaired) electrons. The number of phosphoric acid groups is 1. The summed E-state index contributed by atoms with van der Waals surface area (Å²) in [7, 11) is 1.67. The normalized spacial score (nSPS) is 13.9. The zero-order valence-electron chi connectivity index (χ0n) is 43.5. The van der Waals surface area contributed by atoms with E-state index in [2.05, 4.69) is 62.5 Å². The maximum Gasteiger partial charge on any atom is 0.472 e. The monoisotopic (exact) mass is 937 g/mol. The second kappa shape index (κ2) is 48.9. The Morgan fingerprint density at radius 3 is 1.28 bits per heavy atom. The SMILES string of the molecule is CCCCC/C=C\C/C=C\CCCCCCCCCCOCC(COP(=O)(O)OCC[N+](C)(C)C)OC(=O)CCCCCCCCCCCCCCC/C=C\C/C=C\CCCCCCC. The van der Waals surface area contributed by atoms with Crippen LogP contribution >= 0.6 is 7.82 Å². The van der Waals surface area contributed by atoms with Gasteiger partial charge in [-0.15, -0.1) is 0 Å². The summed E-state index contributed by atoms with van der Waals surface area (Å²) in [6.07, 6.45) is 61.6. The van der Waals surface area contributed by atoms with Crippen LogP contribution in [0.2, 0.25) is 0 Å². The number of quaternary nitrogens is 1. The summed E-state index contributed by atoms with van der Waals surface area (Å²) in [5.74, 6) is -0.315. The van der Waals surface area contributed by atoms with E-state index in [0.717, 1.165) is 44.9 Å². The number of carbonyl (C=O) groups is 1. The molecule has 65 heavy (non-hydrogen) atoms.